The minimum atomic E-state index is -0.00743. The van der Waals surface area contributed by atoms with E-state index in [2.05, 4.69) is 41.3 Å². The van der Waals surface area contributed by atoms with Gasteiger partial charge in [-0.2, -0.15) is 0 Å². The van der Waals surface area contributed by atoms with Gasteiger partial charge >= 0.3 is 0 Å². The molecule has 0 radical (unpaired) electrons. The van der Waals surface area contributed by atoms with Gasteiger partial charge in [0.1, 0.15) is 0 Å². The smallest absolute Gasteiger partial charge is 0.0708 e. The maximum Gasteiger partial charge on any atom is 0.0708 e. The van der Waals surface area contributed by atoms with Crippen LogP contribution in [0.25, 0.3) is 0 Å². The minimum Gasteiger partial charge on any atom is -0.305 e. The molecule has 1 aliphatic rings. The van der Waals surface area contributed by atoms with Crippen molar-refractivity contribution in [3.05, 3.63) is 30.1 Å². The highest BCUT2D eigenvalue weighted by Crippen LogP contribution is 2.21. The summed E-state index contributed by atoms with van der Waals surface area (Å²) in [5.74, 6) is 0. The molecular formula is C12H19N3. The summed E-state index contributed by atoms with van der Waals surface area (Å²) in [4.78, 5) is 6.83. The summed E-state index contributed by atoms with van der Waals surface area (Å²) in [7, 11) is 2.17. The third kappa shape index (κ3) is 2.36. The van der Waals surface area contributed by atoms with Crippen molar-refractivity contribution in [2.75, 3.05) is 26.7 Å². The first kappa shape index (κ1) is 10.6. The normalized spacial score (nSPS) is 28.7. The van der Waals surface area contributed by atoms with Crippen LogP contribution < -0.4 is 5.32 Å². The second-order valence-electron chi connectivity index (χ2n) is 4.57. The number of likely N-dealkylation sites (N-methyl/N-ethyl adjacent to an activating group) is 1. The van der Waals surface area contributed by atoms with Crippen molar-refractivity contribution in [3.63, 3.8) is 0 Å². The molecule has 0 aromatic carbocycles. The molecule has 15 heavy (non-hydrogen) atoms. The molecule has 1 aromatic rings. The molecule has 1 aromatic heterocycles. The van der Waals surface area contributed by atoms with Gasteiger partial charge in [0.05, 0.1) is 11.2 Å². The zero-order chi connectivity index (χ0) is 10.7. The van der Waals surface area contributed by atoms with E-state index in [1.807, 2.05) is 12.3 Å². The van der Waals surface area contributed by atoms with Crippen molar-refractivity contribution in [2.45, 2.75) is 18.9 Å². The Labute approximate surface area is 91.5 Å². The van der Waals surface area contributed by atoms with Gasteiger partial charge in [-0.15, -0.1) is 0 Å². The first-order chi connectivity index (χ1) is 7.21. The Morgan fingerprint density at radius 2 is 2.33 bits per heavy atom. The van der Waals surface area contributed by atoms with E-state index in [0.717, 1.165) is 25.3 Å². The summed E-state index contributed by atoms with van der Waals surface area (Å²) < 4.78 is 0. The van der Waals surface area contributed by atoms with E-state index in [1.54, 1.807) is 0 Å². The monoisotopic (exact) mass is 205 g/mol. The van der Waals surface area contributed by atoms with Gasteiger partial charge < -0.3 is 10.2 Å². The summed E-state index contributed by atoms with van der Waals surface area (Å²) in [6, 6.07) is 6.12. The van der Waals surface area contributed by atoms with E-state index in [-0.39, 0.29) is 5.54 Å². The van der Waals surface area contributed by atoms with Crippen LogP contribution in [-0.4, -0.2) is 36.6 Å². The molecule has 1 N–H and O–H groups in total. The Balaban J connectivity index is 2.24. The fourth-order valence-electron chi connectivity index (χ4n) is 2.25. The number of hydrogen-bond acceptors (Lipinski definition) is 3. The molecular weight excluding hydrogens is 186 g/mol. The molecule has 0 spiro atoms. The average Bonchev–Trinajstić information content (AvgIpc) is 2.42. The molecule has 1 atom stereocenters. The van der Waals surface area contributed by atoms with Crippen LogP contribution in [0.15, 0.2) is 24.4 Å². The maximum atomic E-state index is 4.46. The summed E-state index contributed by atoms with van der Waals surface area (Å²) in [6.45, 7) is 5.48. The molecule has 0 bridgehead atoms. The predicted molar refractivity (Wildman–Crippen MR) is 61.7 cm³/mol. The minimum absolute atomic E-state index is 0.00743. The lowest BCUT2D eigenvalue weighted by Gasteiger charge is -2.31. The van der Waals surface area contributed by atoms with Crippen LogP contribution in [0.4, 0.5) is 0 Å². The summed E-state index contributed by atoms with van der Waals surface area (Å²) in [6.07, 6.45) is 3.08. The molecule has 1 saturated heterocycles. The first-order valence-electron chi connectivity index (χ1n) is 5.56. The number of rotatable bonds is 1. The van der Waals surface area contributed by atoms with E-state index in [9.17, 15) is 0 Å². The van der Waals surface area contributed by atoms with Gasteiger partial charge in [-0.3, -0.25) is 4.98 Å². The third-order valence-corrected chi connectivity index (χ3v) is 3.05. The second kappa shape index (κ2) is 4.29. The molecule has 0 amide bonds. The van der Waals surface area contributed by atoms with Crippen molar-refractivity contribution < 1.29 is 0 Å². The van der Waals surface area contributed by atoms with Crippen molar-refractivity contribution in [1.82, 2.24) is 15.2 Å². The van der Waals surface area contributed by atoms with Gasteiger partial charge in [-0.1, -0.05) is 6.07 Å². The molecule has 1 fully saturated rings. The average molecular weight is 205 g/mol. The van der Waals surface area contributed by atoms with Gasteiger partial charge in [0.15, 0.2) is 0 Å². The van der Waals surface area contributed by atoms with E-state index < -0.39 is 0 Å². The SMILES string of the molecule is CN1CCCNC(C)(c2ccccn2)C1. The second-order valence-corrected chi connectivity index (χ2v) is 4.57. The summed E-state index contributed by atoms with van der Waals surface area (Å²) >= 11 is 0. The van der Waals surface area contributed by atoms with Gasteiger partial charge in [0.2, 0.25) is 0 Å². The maximum absolute atomic E-state index is 4.46. The van der Waals surface area contributed by atoms with Crippen LogP contribution in [0.3, 0.4) is 0 Å². The Morgan fingerprint density at radius 3 is 3.07 bits per heavy atom. The first-order valence-corrected chi connectivity index (χ1v) is 5.56. The van der Waals surface area contributed by atoms with E-state index in [4.69, 9.17) is 0 Å². The molecule has 0 saturated carbocycles. The zero-order valence-corrected chi connectivity index (χ0v) is 9.53. The van der Waals surface area contributed by atoms with Gasteiger partial charge in [-0.25, -0.2) is 0 Å². The summed E-state index contributed by atoms with van der Waals surface area (Å²) in [5, 5.41) is 3.60. The molecule has 82 valence electrons. The van der Waals surface area contributed by atoms with Crippen LogP contribution in [0, 0.1) is 0 Å². The highest BCUT2D eigenvalue weighted by Gasteiger charge is 2.30. The molecule has 1 aliphatic heterocycles. The van der Waals surface area contributed by atoms with Gasteiger partial charge in [0.25, 0.3) is 0 Å². The Bertz CT molecular complexity index is 312. The highest BCUT2D eigenvalue weighted by molar-refractivity contribution is 5.15. The largest absolute Gasteiger partial charge is 0.305 e. The van der Waals surface area contributed by atoms with Crippen molar-refractivity contribution in [2.24, 2.45) is 0 Å². The van der Waals surface area contributed by atoms with E-state index in [1.165, 1.54) is 6.42 Å². The number of pyridine rings is 1. The summed E-state index contributed by atoms with van der Waals surface area (Å²) in [5.41, 5.74) is 1.13. The third-order valence-electron chi connectivity index (χ3n) is 3.05. The quantitative estimate of drug-likeness (QED) is 0.747. The Hall–Kier alpha value is -0.930. The van der Waals surface area contributed by atoms with Crippen molar-refractivity contribution in [3.8, 4) is 0 Å². The predicted octanol–water partition coefficient (Wildman–Crippen LogP) is 1.22. The van der Waals surface area contributed by atoms with E-state index >= 15 is 0 Å². The molecule has 2 heterocycles. The van der Waals surface area contributed by atoms with Crippen LogP contribution in [0.1, 0.15) is 19.0 Å². The Morgan fingerprint density at radius 1 is 1.47 bits per heavy atom. The van der Waals surface area contributed by atoms with E-state index in [0.29, 0.717) is 0 Å². The lowest BCUT2D eigenvalue weighted by Crippen LogP contribution is -2.46. The molecule has 1 unspecified atom stereocenters. The van der Waals surface area contributed by atoms with Crippen LogP contribution >= 0.6 is 0 Å². The van der Waals surface area contributed by atoms with Crippen LogP contribution in [0.5, 0.6) is 0 Å². The standard InChI is InChI=1S/C12H19N3/c1-12(11-6-3-4-7-13-11)10-15(2)9-5-8-14-12/h3-4,6-7,14H,5,8-10H2,1-2H3. The molecule has 2 rings (SSSR count). The fraction of sp³-hybridized carbons (Fsp3) is 0.583. The van der Waals surface area contributed by atoms with Crippen molar-refractivity contribution >= 4 is 0 Å². The highest BCUT2D eigenvalue weighted by atomic mass is 15.2. The number of nitrogens with zero attached hydrogens (tertiary/aromatic N) is 2. The van der Waals surface area contributed by atoms with Crippen LogP contribution in [0.2, 0.25) is 0 Å². The lowest BCUT2D eigenvalue weighted by atomic mass is 9.97. The van der Waals surface area contributed by atoms with Crippen molar-refractivity contribution in [1.29, 1.82) is 0 Å². The van der Waals surface area contributed by atoms with Gasteiger partial charge in [0, 0.05) is 12.7 Å². The zero-order valence-electron chi connectivity index (χ0n) is 9.53. The molecule has 3 nitrogen and oxygen atoms in total. The number of aromatic nitrogens is 1. The van der Waals surface area contributed by atoms with Gasteiger partial charge in [-0.05, 0) is 45.6 Å². The fourth-order valence-corrected chi connectivity index (χ4v) is 2.25. The topological polar surface area (TPSA) is 28.2 Å². The lowest BCUT2D eigenvalue weighted by molar-refractivity contribution is 0.255. The number of hydrogen-bond donors (Lipinski definition) is 1. The van der Waals surface area contributed by atoms with Crippen LogP contribution in [-0.2, 0) is 5.54 Å². The molecule has 3 heteroatoms. The Kier molecular flexibility index (Phi) is 3.03. The molecule has 0 aliphatic carbocycles. The number of nitrogens with one attached hydrogen (secondary N) is 1.